The average Bonchev–Trinajstić information content (AvgIpc) is 2.45. The number of nitrogens with one attached hydrogen (secondary N) is 2. The summed E-state index contributed by atoms with van der Waals surface area (Å²) in [4.78, 5) is 12.3. The summed E-state index contributed by atoms with van der Waals surface area (Å²) >= 11 is 6.09. The van der Waals surface area contributed by atoms with E-state index in [1.165, 1.54) is 0 Å². The van der Waals surface area contributed by atoms with E-state index in [1.807, 2.05) is 19.1 Å². The molecule has 0 saturated carbocycles. The highest BCUT2D eigenvalue weighted by Crippen LogP contribution is 2.26. The van der Waals surface area contributed by atoms with Crippen LogP contribution in [0.15, 0.2) is 18.2 Å². The van der Waals surface area contributed by atoms with Crippen molar-refractivity contribution in [1.82, 2.24) is 10.6 Å². The van der Waals surface area contributed by atoms with Gasteiger partial charge in [0.05, 0.1) is 5.02 Å². The molecule has 1 aliphatic rings. The zero-order valence-electron chi connectivity index (χ0n) is 12.8. The van der Waals surface area contributed by atoms with Crippen molar-refractivity contribution in [1.29, 1.82) is 0 Å². The van der Waals surface area contributed by atoms with Crippen LogP contribution in [0.3, 0.4) is 0 Å². The van der Waals surface area contributed by atoms with E-state index >= 15 is 0 Å². The second-order valence-corrected chi connectivity index (χ2v) is 6.19. The lowest BCUT2D eigenvalue weighted by molar-refractivity contribution is -0.128. The Morgan fingerprint density at radius 2 is 2.29 bits per heavy atom. The first kappa shape index (κ1) is 16.1. The molecular formula is C16H23ClN2O2. The van der Waals surface area contributed by atoms with E-state index in [-0.39, 0.29) is 11.9 Å². The molecule has 1 heterocycles. The van der Waals surface area contributed by atoms with Crippen LogP contribution in [-0.2, 0) is 4.79 Å². The smallest absolute Gasteiger partial charge is 0.261 e. The molecule has 0 aromatic heterocycles. The molecule has 1 aromatic rings. The number of carbonyl (C=O) groups excluding carboxylic acids is 1. The Kier molecular flexibility index (Phi) is 5.48. The normalized spacial score (nSPS) is 23.4. The van der Waals surface area contributed by atoms with Crippen LogP contribution in [0.2, 0.25) is 5.02 Å². The predicted octanol–water partition coefficient (Wildman–Crippen LogP) is 2.53. The maximum atomic E-state index is 12.3. The highest BCUT2D eigenvalue weighted by molar-refractivity contribution is 6.32. The fourth-order valence-electron chi connectivity index (χ4n) is 2.43. The topological polar surface area (TPSA) is 50.4 Å². The quantitative estimate of drug-likeness (QED) is 0.898. The Labute approximate surface area is 131 Å². The monoisotopic (exact) mass is 310 g/mol. The van der Waals surface area contributed by atoms with Gasteiger partial charge in [-0.05, 0) is 50.4 Å². The SMILES string of the molecule is Cc1ccc(Cl)c(OC(C)C(=O)NC2CNCCC2C)c1. The first-order chi connectivity index (χ1) is 9.97. The minimum absolute atomic E-state index is 0.104. The van der Waals surface area contributed by atoms with Gasteiger partial charge in [-0.15, -0.1) is 0 Å². The molecule has 0 radical (unpaired) electrons. The fourth-order valence-corrected chi connectivity index (χ4v) is 2.59. The Balaban J connectivity index is 1.94. The molecule has 1 amide bonds. The molecule has 3 unspecified atom stereocenters. The molecule has 3 atom stereocenters. The van der Waals surface area contributed by atoms with Gasteiger partial charge < -0.3 is 15.4 Å². The summed E-state index contributed by atoms with van der Waals surface area (Å²) in [5.74, 6) is 0.923. The molecule has 1 aromatic carbocycles. The van der Waals surface area contributed by atoms with Crippen molar-refractivity contribution in [2.75, 3.05) is 13.1 Å². The molecule has 5 heteroatoms. The van der Waals surface area contributed by atoms with Crippen molar-refractivity contribution in [2.45, 2.75) is 39.3 Å². The Hall–Kier alpha value is -1.26. The van der Waals surface area contributed by atoms with Crippen LogP contribution < -0.4 is 15.4 Å². The Bertz CT molecular complexity index is 507. The molecule has 1 saturated heterocycles. The molecular weight excluding hydrogens is 288 g/mol. The lowest BCUT2D eigenvalue weighted by Gasteiger charge is -2.31. The van der Waals surface area contributed by atoms with Crippen LogP contribution in [0.25, 0.3) is 0 Å². The van der Waals surface area contributed by atoms with E-state index < -0.39 is 6.10 Å². The van der Waals surface area contributed by atoms with Gasteiger partial charge in [0.25, 0.3) is 5.91 Å². The third-order valence-electron chi connectivity index (χ3n) is 3.91. The van der Waals surface area contributed by atoms with Crippen LogP contribution in [-0.4, -0.2) is 31.1 Å². The van der Waals surface area contributed by atoms with Crippen molar-refractivity contribution >= 4 is 17.5 Å². The summed E-state index contributed by atoms with van der Waals surface area (Å²) in [6.07, 6.45) is 0.502. The molecule has 1 fully saturated rings. The number of amides is 1. The minimum atomic E-state index is -0.571. The summed E-state index contributed by atoms with van der Waals surface area (Å²) in [5, 5.41) is 6.87. The molecule has 2 N–H and O–H groups in total. The van der Waals surface area contributed by atoms with Gasteiger partial charge in [0.1, 0.15) is 5.75 Å². The Morgan fingerprint density at radius 1 is 1.52 bits per heavy atom. The highest BCUT2D eigenvalue weighted by atomic mass is 35.5. The number of carbonyl (C=O) groups is 1. The summed E-state index contributed by atoms with van der Waals surface area (Å²) < 4.78 is 5.70. The number of ether oxygens (including phenoxy) is 1. The van der Waals surface area contributed by atoms with E-state index in [0.29, 0.717) is 16.7 Å². The molecule has 0 spiro atoms. The van der Waals surface area contributed by atoms with Gasteiger partial charge in [-0.25, -0.2) is 0 Å². The summed E-state index contributed by atoms with van der Waals surface area (Å²) in [7, 11) is 0. The van der Waals surface area contributed by atoms with Crippen molar-refractivity contribution in [2.24, 2.45) is 5.92 Å². The highest BCUT2D eigenvalue weighted by Gasteiger charge is 2.25. The molecule has 4 nitrogen and oxygen atoms in total. The molecule has 116 valence electrons. The van der Waals surface area contributed by atoms with E-state index in [0.717, 1.165) is 25.1 Å². The van der Waals surface area contributed by atoms with Gasteiger partial charge in [-0.3, -0.25) is 4.79 Å². The molecule has 0 aliphatic carbocycles. The summed E-state index contributed by atoms with van der Waals surface area (Å²) in [6.45, 7) is 7.69. The van der Waals surface area contributed by atoms with Gasteiger partial charge in [0, 0.05) is 12.6 Å². The second-order valence-electron chi connectivity index (χ2n) is 5.78. The number of hydrogen-bond donors (Lipinski definition) is 2. The first-order valence-electron chi connectivity index (χ1n) is 7.41. The van der Waals surface area contributed by atoms with Gasteiger partial charge in [0.2, 0.25) is 0 Å². The largest absolute Gasteiger partial charge is 0.479 e. The van der Waals surface area contributed by atoms with Crippen molar-refractivity contribution in [3.63, 3.8) is 0 Å². The van der Waals surface area contributed by atoms with Gasteiger partial charge >= 0.3 is 0 Å². The third kappa shape index (κ3) is 4.35. The lowest BCUT2D eigenvalue weighted by atomic mass is 9.95. The second kappa shape index (κ2) is 7.14. The number of halogens is 1. The molecule has 1 aliphatic heterocycles. The number of piperidine rings is 1. The first-order valence-corrected chi connectivity index (χ1v) is 7.79. The van der Waals surface area contributed by atoms with E-state index in [9.17, 15) is 4.79 Å². The predicted molar refractivity (Wildman–Crippen MR) is 84.9 cm³/mol. The van der Waals surface area contributed by atoms with Crippen LogP contribution in [0.1, 0.15) is 25.8 Å². The zero-order chi connectivity index (χ0) is 15.4. The van der Waals surface area contributed by atoms with Crippen LogP contribution >= 0.6 is 11.6 Å². The maximum Gasteiger partial charge on any atom is 0.261 e. The number of benzene rings is 1. The summed E-state index contributed by atoms with van der Waals surface area (Å²) in [5.41, 5.74) is 1.05. The maximum absolute atomic E-state index is 12.3. The fraction of sp³-hybridized carbons (Fsp3) is 0.562. The molecule has 2 rings (SSSR count). The minimum Gasteiger partial charge on any atom is -0.479 e. The van der Waals surface area contributed by atoms with Crippen molar-refractivity contribution in [3.8, 4) is 5.75 Å². The number of rotatable bonds is 4. The lowest BCUT2D eigenvalue weighted by Crippen LogP contribution is -2.52. The summed E-state index contributed by atoms with van der Waals surface area (Å²) in [6, 6.07) is 5.70. The molecule has 0 bridgehead atoms. The van der Waals surface area contributed by atoms with E-state index in [1.54, 1.807) is 13.0 Å². The van der Waals surface area contributed by atoms with Crippen LogP contribution in [0.4, 0.5) is 0 Å². The van der Waals surface area contributed by atoms with Crippen molar-refractivity contribution in [3.05, 3.63) is 28.8 Å². The number of hydrogen-bond acceptors (Lipinski definition) is 3. The third-order valence-corrected chi connectivity index (χ3v) is 4.23. The number of aryl methyl sites for hydroxylation is 1. The molecule has 21 heavy (non-hydrogen) atoms. The van der Waals surface area contributed by atoms with Crippen molar-refractivity contribution < 1.29 is 9.53 Å². The Morgan fingerprint density at radius 3 is 3.00 bits per heavy atom. The average molecular weight is 311 g/mol. The van der Waals surface area contributed by atoms with E-state index in [4.69, 9.17) is 16.3 Å². The van der Waals surface area contributed by atoms with Crippen LogP contribution in [0.5, 0.6) is 5.75 Å². The standard InChI is InChI=1S/C16H23ClN2O2/c1-10-4-5-13(17)15(8-10)21-12(3)16(20)19-14-9-18-7-6-11(14)2/h4-5,8,11-12,14,18H,6-7,9H2,1-3H3,(H,19,20). The van der Waals surface area contributed by atoms with Gasteiger partial charge in [-0.2, -0.15) is 0 Å². The zero-order valence-corrected chi connectivity index (χ0v) is 13.5. The van der Waals surface area contributed by atoms with Gasteiger partial charge in [0.15, 0.2) is 6.10 Å². The van der Waals surface area contributed by atoms with Crippen LogP contribution in [0, 0.1) is 12.8 Å². The van der Waals surface area contributed by atoms with E-state index in [2.05, 4.69) is 17.6 Å². The van der Waals surface area contributed by atoms with Gasteiger partial charge in [-0.1, -0.05) is 24.6 Å².